The van der Waals surface area contributed by atoms with E-state index in [4.69, 9.17) is 0 Å². The van der Waals surface area contributed by atoms with Gasteiger partial charge in [0.1, 0.15) is 0 Å². The lowest BCUT2D eigenvalue weighted by atomic mass is 10.1. The summed E-state index contributed by atoms with van der Waals surface area (Å²) in [4.78, 5) is 11.0. The van der Waals surface area contributed by atoms with Gasteiger partial charge in [-0.15, -0.1) is 0 Å². The second kappa shape index (κ2) is 3.54. The van der Waals surface area contributed by atoms with Gasteiger partial charge in [0.25, 0.3) is 0 Å². The molecule has 0 radical (unpaired) electrons. The van der Waals surface area contributed by atoms with E-state index in [0.717, 1.165) is 34.9 Å². The minimum absolute atomic E-state index is 0.822. The van der Waals surface area contributed by atoms with E-state index in [0.29, 0.717) is 0 Å². The van der Waals surface area contributed by atoms with Crippen LogP contribution in [0, 0.1) is 6.92 Å². The molecule has 0 spiro atoms. The smallest absolute Gasteiger partial charge is 0.152 e. The quantitative estimate of drug-likeness (QED) is 0.685. The summed E-state index contributed by atoms with van der Waals surface area (Å²) in [6, 6.07) is 6.33. The normalized spacial score (nSPS) is 10.9. The summed E-state index contributed by atoms with van der Waals surface area (Å²) in [7, 11) is 2.00. The Balaban J connectivity index is 2.85. The molecule has 0 atom stereocenters. The average Bonchev–Trinajstić information content (AvgIpc) is 2.51. The lowest BCUT2D eigenvalue weighted by molar-refractivity contribution is 0.112. The van der Waals surface area contributed by atoms with E-state index in [1.54, 1.807) is 0 Å². The molecule has 0 N–H and O–H groups in total. The third-order valence-electron chi connectivity index (χ3n) is 3.13. The Morgan fingerprint density at radius 3 is 2.73 bits per heavy atom. The van der Waals surface area contributed by atoms with E-state index in [1.807, 2.05) is 14.0 Å². The van der Waals surface area contributed by atoms with Crippen molar-refractivity contribution in [1.82, 2.24) is 4.57 Å². The molecule has 2 rings (SSSR count). The van der Waals surface area contributed by atoms with Crippen LogP contribution < -0.4 is 0 Å². The monoisotopic (exact) mass is 201 g/mol. The van der Waals surface area contributed by atoms with Crippen molar-refractivity contribution in [2.24, 2.45) is 7.05 Å². The Labute approximate surface area is 89.5 Å². The SMILES string of the molecule is CCc1ccc2c(c1)c(C=O)c(C)n2C. The summed E-state index contributed by atoms with van der Waals surface area (Å²) >= 11 is 0. The van der Waals surface area contributed by atoms with E-state index < -0.39 is 0 Å². The second-order valence-corrected chi connectivity index (χ2v) is 3.88. The number of carbonyl (C=O) groups excluding carboxylic acids is 1. The van der Waals surface area contributed by atoms with Crippen molar-refractivity contribution in [3.63, 3.8) is 0 Å². The van der Waals surface area contributed by atoms with Gasteiger partial charge in [-0.1, -0.05) is 13.0 Å². The summed E-state index contributed by atoms with van der Waals surface area (Å²) in [5.41, 5.74) is 4.26. The van der Waals surface area contributed by atoms with E-state index in [1.165, 1.54) is 5.56 Å². The number of nitrogens with zero attached hydrogens (tertiary/aromatic N) is 1. The molecule has 1 aromatic carbocycles. The van der Waals surface area contributed by atoms with E-state index in [9.17, 15) is 4.79 Å². The Kier molecular flexibility index (Phi) is 2.35. The first-order chi connectivity index (χ1) is 7.19. The zero-order valence-electron chi connectivity index (χ0n) is 9.37. The minimum Gasteiger partial charge on any atom is -0.347 e. The minimum atomic E-state index is 0.822. The van der Waals surface area contributed by atoms with Crippen LogP contribution in [0.2, 0.25) is 0 Å². The summed E-state index contributed by atoms with van der Waals surface area (Å²) in [5.74, 6) is 0. The third kappa shape index (κ3) is 1.37. The first-order valence-electron chi connectivity index (χ1n) is 5.22. The molecule has 0 fully saturated rings. The number of carbonyl (C=O) groups is 1. The number of benzene rings is 1. The van der Waals surface area contributed by atoms with Gasteiger partial charge < -0.3 is 4.57 Å². The number of hydrogen-bond acceptors (Lipinski definition) is 1. The molecule has 0 saturated heterocycles. The topological polar surface area (TPSA) is 22.0 Å². The van der Waals surface area contributed by atoms with Gasteiger partial charge in [0.2, 0.25) is 0 Å². The van der Waals surface area contributed by atoms with Crippen LogP contribution in [-0.4, -0.2) is 10.9 Å². The van der Waals surface area contributed by atoms with Gasteiger partial charge in [-0.25, -0.2) is 0 Å². The fraction of sp³-hybridized carbons (Fsp3) is 0.308. The third-order valence-corrected chi connectivity index (χ3v) is 3.13. The standard InChI is InChI=1S/C13H15NO/c1-4-10-5-6-13-11(7-10)12(8-15)9(2)14(13)3/h5-8H,4H2,1-3H3. The van der Waals surface area contributed by atoms with Crippen LogP contribution in [0.4, 0.5) is 0 Å². The van der Waals surface area contributed by atoms with Crippen molar-refractivity contribution < 1.29 is 4.79 Å². The number of aromatic nitrogens is 1. The summed E-state index contributed by atoms with van der Waals surface area (Å²) < 4.78 is 2.07. The number of aldehydes is 1. The molecule has 0 aliphatic heterocycles. The number of hydrogen-bond donors (Lipinski definition) is 0. The summed E-state index contributed by atoms with van der Waals surface area (Å²) in [6.45, 7) is 4.10. The van der Waals surface area contributed by atoms with Gasteiger partial charge >= 0.3 is 0 Å². The van der Waals surface area contributed by atoms with Crippen molar-refractivity contribution in [1.29, 1.82) is 0 Å². The maximum absolute atomic E-state index is 11.0. The molecule has 1 aromatic heterocycles. The van der Waals surface area contributed by atoms with Crippen LogP contribution in [0.25, 0.3) is 10.9 Å². The molecule has 2 heteroatoms. The molecular formula is C13H15NO. The first kappa shape index (κ1) is 9.97. The highest BCUT2D eigenvalue weighted by Crippen LogP contribution is 2.24. The predicted octanol–water partition coefficient (Wildman–Crippen LogP) is 2.86. The lowest BCUT2D eigenvalue weighted by Gasteiger charge is -1.99. The average molecular weight is 201 g/mol. The fourth-order valence-corrected chi connectivity index (χ4v) is 2.02. The molecule has 2 aromatic rings. The molecule has 0 amide bonds. The van der Waals surface area contributed by atoms with Gasteiger partial charge in [0.15, 0.2) is 6.29 Å². The van der Waals surface area contributed by atoms with Crippen molar-refractivity contribution in [2.45, 2.75) is 20.3 Å². The van der Waals surface area contributed by atoms with Gasteiger partial charge in [0.05, 0.1) is 0 Å². The highest BCUT2D eigenvalue weighted by molar-refractivity contribution is 5.99. The van der Waals surface area contributed by atoms with Gasteiger partial charge in [-0.3, -0.25) is 4.79 Å². The summed E-state index contributed by atoms with van der Waals surface area (Å²) in [5, 5.41) is 1.07. The molecule has 0 bridgehead atoms. The predicted molar refractivity (Wildman–Crippen MR) is 62.4 cm³/mol. The van der Waals surface area contributed by atoms with Crippen molar-refractivity contribution >= 4 is 17.2 Å². The van der Waals surface area contributed by atoms with Crippen LogP contribution in [-0.2, 0) is 13.5 Å². The number of aryl methyl sites for hydroxylation is 2. The molecule has 2 nitrogen and oxygen atoms in total. The lowest BCUT2D eigenvalue weighted by Crippen LogP contribution is -1.91. The Bertz CT molecular complexity index is 523. The van der Waals surface area contributed by atoms with Crippen LogP contribution in [0.15, 0.2) is 18.2 Å². The first-order valence-corrected chi connectivity index (χ1v) is 5.22. The molecule has 0 unspecified atom stereocenters. The van der Waals surface area contributed by atoms with E-state index >= 15 is 0 Å². The fourth-order valence-electron chi connectivity index (χ4n) is 2.02. The maximum atomic E-state index is 11.0. The second-order valence-electron chi connectivity index (χ2n) is 3.88. The molecule has 0 aliphatic rings. The van der Waals surface area contributed by atoms with Crippen molar-refractivity contribution in [3.8, 4) is 0 Å². The highest BCUT2D eigenvalue weighted by atomic mass is 16.1. The molecule has 0 saturated carbocycles. The summed E-state index contributed by atoms with van der Waals surface area (Å²) in [6.07, 6.45) is 1.96. The zero-order valence-corrected chi connectivity index (χ0v) is 9.37. The molecular weight excluding hydrogens is 186 g/mol. The maximum Gasteiger partial charge on any atom is 0.152 e. The highest BCUT2D eigenvalue weighted by Gasteiger charge is 2.10. The van der Waals surface area contributed by atoms with Gasteiger partial charge in [-0.05, 0) is 31.0 Å². The Hall–Kier alpha value is -1.57. The van der Waals surface area contributed by atoms with Crippen LogP contribution in [0.1, 0.15) is 28.5 Å². The van der Waals surface area contributed by atoms with E-state index in [-0.39, 0.29) is 0 Å². The molecule has 0 aliphatic carbocycles. The van der Waals surface area contributed by atoms with Crippen LogP contribution in [0.3, 0.4) is 0 Å². The van der Waals surface area contributed by atoms with Crippen molar-refractivity contribution in [2.75, 3.05) is 0 Å². The van der Waals surface area contributed by atoms with Crippen LogP contribution in [0.5, 0.6) is 0 Å². The van der Waals surface area contributed by atoms with E-state index in [2.05, 4.69) is 29.7 Å². The molecule has 15 heavy (non-hydrogen) atoms. The van der Waals surface area contributed by atoms with Gasteiger partial charge in [-0.2, -0.15) is 0 Å². The Morgan fingerprint density at radius 2 is 2.13 bits per heavy atom. The van der Waals surface area contributed by atoms with Crippen LogP contribution >= 0.6 is 0 Å². The van der Waals surface area contributed by atoms with Crippen molar-refractivity contribution in [3.05, 3.63) is 35.0 Å². The number of rotatable bonds is 2. The number of fused-ring (bicyclic) bond motifs is 1. The zero-order chi connectivity index (χ0) is 11.0. The van der Waals surface area contributed by atoms with Gasteiger partial charge in [0, 0.05) is 29.2 Å². The largest absolute Gasteiger partial charge is 0.347 e. The Morgan fingerprint density at radius 1 is 1.40 bits per heavy atom. The molecule has 1 heterocycles. The molecule has 78 valence electrons.